The number of hydrogen-bond donors (Lipinski definition) is 1. The molecule has 106 valence electrons. The molecule has 0 aliphatic rings. The van der Waals surface area contributed by atoms with E-state index in [4.69, 9.17) is 0 Å². The molecule has 0 aliphatic carbocycles. The third-order valence-corrected chi connectivity index (χ3v) is 3.81. The molecule has 3 rings (SSSR count). The van der Waals surface area contributed by atoms with E-state index in [9.17, 15) is 10.1 Å². The maximum absolute atomic E-state index is 11.1. The van der Waals surface area contributed by atoms with Gasteiger partial charge in [0.25, 0.3) is 0 Å². The zero-order valence-corrected chi connectivity index (χ0v) is 11.7. The second-order valence-corrected chi connectivity index (χ2v) is 5.27. The van der Waals surface area contributed by atoms with Crippen LogP contribution in [0.25, 0.3) is 10.9 Å². The highest BCUT2D eigenvalue weighted by Crippen LogP contribution is 2.31. The molecule has 3 aromatic rings. The molecule has 2 aromatic carbocycles. The van der Waals surface area contributed by atoms with Gasteiger partial charge in [-0.2, -0.15) is 0 Å². The summed E-state index contributed by atoms with van der Waals surface area (Å²) in [7, 11) is 0. The highest BCUT2D eigenvalue weighted by Gasteiger charge is 2.22. The number of aromatic amines is 1. The molecular formula is C17H16N2O2. The summed E-state index contributed by atoms with van der Waals surface area (Å²) in [6.45, 7) is 1.91. The first-order chi connectivity index (χ1) is 10.1. The maximum Gasteiger partial charge on any atom is 0.214 e. The molecular weight excluding hydrogens is 264 g/mol. The molecule has 1 heterocycles. The van der Waals surface area contributed by atoms with E-state index in [2.05, 4.69) is 4.98 Å². The van der Waals surface area contributed by atoms with Gasteiger partial charge in [0.1, 0.15) is 0 Å². The van der Waals surface area contributed by atoms with E-state index in [0.717, 1.165) is 27.6 Å². The molecule has 0 aliphatic heterocycles. The monoisotopic (exact) mass is 280 g/mol. The molecule has 0 spiro atoms. The van der Waals surface area contributed by atoms with Crippen LogP contribution in [0.4, 0.5) is 0 Å². The number of H-pyrrole nitrogens is 1. The summed E-state index contributed by atoms with van der Waals surface area (Å²) in [4.78, 5) is 14.0. The summed E-state index contributed by atoms with van der Waals surface area (Å²) in [6, 6.07) is 15.8. The van der Waals surface area contributed by atoms with Crippen molar-refractivity contribution in [2.75, 3.05) is 6.54 Å². The lowest BCUT2D eigenvalue weighted by atomic mass is 9.90. The van der Waals surface area contributed by atoms with Crippen LogP contribution < -0.4 is 0 Å². The SMILES string of the molecule is Cc1ccc(C(C[N+](=O)[O-])c2c[nH]c3ccccc23)cc1. The number of aryl methyl sites for hydroxylation is 1. The van der Waals surface area contributed by atoms with Crippen LogP contribution in [-0.2, 0) is 0 Å². The molecule has 4 heteroatoms. The molecule has 21 heavy (non-hydrogen) atoms. The number of nitrogens with zero attached hydrogens (tertiary/aromatic N) is 1. The third kappa shape index (κ3) is 2.65. The van der Waals surface area contributed by atoms with Crippen molar-refractivity contribution in [1.82, 2.24) is 4.98 Å². The van der Waals surface area contributed by atoms with E-state index >= 15 is 0 Å². The number of rotatable bonds is 4. The van der Waals surface area contributed by atoms with E-state index in [1.807, 2.05) is 61.7 Å². The molecule has 0 saturated heterocycles. The fourth-order valence-corrected chi connectivity index (χ4v) is 2.71. The number of nitro groups is 1. The van der Waals surface area contributed by atoms with Crippen LogP contribution in [0.15, 0.2) is 54.7 Å². The largest absolute Gasteiger partial charge is 0.361 e. The summed E-state index contributed by atoms with van der Waals surface area (Å²) in [6.07, 6.45) is 1.89. The Bertz CT molecular complexity index is 775. The fraction of sp³-hybridized carbons (Fsp3) is 0.176. The predicted molar refractivity (Wildman–Crippen MR) is 83.2 cm³/mol. The molecule has 0 amide bonds. The van der Waals surface area contributed by atoms with Crippen molar-refractivity contribution in [3.05, 3.63) is 81.5 Å². The van der Waals surface area contributed by atoms with Gasteiger partial charge >= 0.3 is 0 Å². The van der Waals surface area contributed by atoms with Gasteiger partial charge in [-0.25, -0.2) is 0 Å². The van der Waals surface area contributed by atoms with Crippen molar-refractivity contribution in [2.45, 2.75) is 12.8 Å². The zero-order chi connectivity index (χ0) is 14.8. The van der Waals surface area contributed by atoms with Gasteiger partial charge in [-0.1, -0.05) is 48.0 Å². The topological polar surface area (TPSA) is 58.9 Å². The lowest BCUT2D eigenvalue weighted by Crippen LogP contribution is -2.13. The minimum Gasteiger partial charge on any atom is -0.361 e. The number of fused-ring (bicyclic) bond motifs is 1. The Hall–Kier alpha value is -2.62. The summed E-state index contributed by atoms with van der Waals surface area (Å²) in [5, 5.41) is 12.1. The van der Waals surface area contributed by atoms with Gasteiger partial charge in [-0.05, 0) is 24.1 Å². The van der Waals surface area contributed by atoms with Crippen molar-refractivity contribution >= 4 is 10.9 Å². The first-order valence-electron chi connectivity index (χ1n) is 6.89. The van der Waals surface area contributed by atoms with E-state index < -0.39 is 0 Å². The van der Waals surface area contributed by atoms with Crippen molar-refractivity contribution in [3.63, 3.8) is 0 Å². The number of hydrogen-bond acceptors (Lipinski definition) is 2. The van der Waals surface area contributed by atoms with Crippen molar-refractivity contribution in [3.8, 4) is 0 Å². The molecule has 1 atom stereocenters. The summed E-state index contributed by atoms with van der Waals surface area (Å²) in [5.41, 5.74) is 4.11. The normalized spacial score (nSPS) is 12.4. The smallest absolute Gasteiger partial charge is 0.214 e. The van der Waals surface area contributed by atoms with E-state index in [-0.39, 0.29) is 17.4 Å². The van der Waals surface area contributed by atoms with E-state index in [0.29, 0.717) is 0 Å². The number of nitrogens with one attached hydrogen (secondary N) is 1. The van der Waals surface area contributed by atoms with Gasteiger partial charge in [0.15, 0.2) is 0 Å². The Labute approximate surface area is 122 Å². The molecule has 0 radical (unpaired) electrons. The lowest BCUT2D eigenvalue weighted by Gasteiger charge is -2.13. The van der Waals surface area contributed by atoms with Gasteiger partial charge in [-0.3, -0.25) is 10.1 Å². The summed E-state index contributed by atoms with van der Waals surface area (Å²) in [5.74, 6) is -0.239. The molecule has 0 fully saturated rings. The van der Waals surface area contributed by atoms with Crippen LogP contribution in [0, 0.1) is 17.0 Å². The Morgan fingerprint density at radius 3 is 2.57 bits per heavy atom. The average molecular weight is 280 g/mol. The van der Waals surface area contributed by atoms with E-state index in [1.54, 1.807) is 0 Å². The number of para-hydroxylation sites is 1. The second-order valence-electron chi connectivity index (χ2n) is 5.27. The predicted octanol–water partition coefficient (Wildman–Crippen LogP) is 3.88. The summed E-state index contributed by atoms with van der Waals surface area (Å²) >= 11 is 0. The van der Waals surface area contributed by atoms with Gasteiger partial charge < -0.3 is 4.98 Å². The molecule has 4 nitrogen and oxygen atoms in total. The third-order valence-electron chi connectivity index (χ3n) is 3.81. The van der Waals surface area contributed by atoms with Crippen molar-refractivity contribution in [1.29, 1.82) is 0 Å². The average Bonchev–Trinajstić information content (AvgIpc) is 2.89. The standard InChI is InChI=1S/C17H16N2O2/c1-12-6-8-13(9-7-12)16(11-19(20)21)15-10-18-17-5-3-2-4-14(15)17/h2-10,16,18H,11H2,1H3. The van der Waals surface area contributed by atoms with Crippen LogP contribution in [0.3, 0.4) is 0 Å². The highest BCUT2D eigenvalue weighted by atomic mass is 16.6. The Morgan fingerprint density at radius 2 is 1.86 bits per heavy atom. The van der Waals surface area contributed by atoms with E-state index in [1.165, 1.54) is 0 Å². The second kappa shape index (κ2) is 5.40. The highest BCUT2D eigenvalue weighted by molar-refractivity contribution is 5.84. The molecule has 1 N–H and O–H groups in total. The van der Waals surface area contributed by atoms with Crippen molar-refractivity contribution < 1.29 is 4.92 Å². The Balaban J connectivity index is 2.11. The minimum atomic E-state index is -0.244. The van der Waals surface area contributed by atoms with Crippen LogP contribution in [0.1, 0.15) is 22.6 Å². The van der Waals surface area contributed by atoms with Gasteiger partial charge in [0.05, 0.1) is 5.92 Å². The van der Waals surface area contributed by atoms with Crippen molar-refractivity contribution in [2.24, 2.45) is 0 Å². The molecule has 0 saturated carbocycles. The Morgan fingerprint density at radius 1 is 1.14 bits per heavy atom. The Kier molecular flexibility index (Phi) is 3.44. The van der Waals surface area contributed by atoms with Crippen LogP contribution in [0.5, 0.6) is 0 Å². The minimum absolute atomic E-state index is 0.106. The lowest BCUT2D eigenvalue weighted by molar-refractivity contribution is -0.481. The van der Waals surface area contributed by atoms with Crippen LogP contribution in [0.2, 0.25) is 0 Å². The quantitative estimate of drug-likeness (QED) is 0.582. The van der Waals surface area contributed by atoms with Gasteiger partial charge in [0, 0.05) is 22.0 Å². The fourth-order valence-electron chi connectivity index (χ4n) is 2.71. The van der Waals surface area contributed by atoms with Crippen LogP contribution in [-0.4, -0.2) is 16.5 Å². The first-order valence-corrected chi connectivity index (χ1v) is 6.89. The maximum atomic E-state index is 11.1. The van der Waals surface area contributed by atoms with Crippen LogP contribution >= 0.6 is 0 Å². The number of aromatic nitrogens is 1. The molecule has 1 unspecified atom stereocenters. The molecule has 1 aromatic heterocycles. The summed E-state index contributed by atoms with van der Waals surface area (Å²) < 4.78 is 0. The first kappa shape index (κ1) is 13.4. The molecule has 0 bridgehead atoms. The zero-order valence-electron chi connectivity index (χ0n) is 11.7. The number of benzene rings is 2. The van der Waals surface area contributed by atoms with Gasteiger partial charge in [-0.15, -0.1) is 0 Å². The van der Waals surface area contributed by atoms with Gasteiger partial charge in [0.2, 0.25) is 6.54 Å².